The Bertz CT molecular complexity index is 774. The summed E-state index contributed by atoms with van der Waals surface area (Å²) >= 11 is 5.69. The maximum Gasteiger partial charge on any atom is 0.262 e. The first-order chi connectivity index (χ1) is 10.0. The number of anilines is 1. The van der Waals surface area contributed by atoms with Gasteiger partial charge in [-0.25, -0.2) is 0 Å². The van der Waals surface area contributed by atoms with Gasteiger partial charge in [-0.1, -0.05) is 23.9 Å². The first-order valence-corrected chi connectivity index (χ1v) is 9.00. The SMILES string of the molecule is O=C1Nc2ccccc2S/C1=C\c1cc(I)cc(I)c1O. The number of fused-ring (bicyclic) bond motifs is 1. The van der Waals surface area contributed by atoms with Gasteiger partial charge in [0.05, 0.1) is 14.2 Å². The molecule has 0 fully saturated rings. The Hall–Kier alpha value is -0.740. The van der Waals surface area contributed by atoms with E-state index in [9.17, 15) is 9.90 Å². The van der Waals surface area contributed by atoms with Crippen LogP contribution in [0.5, 0.6) is 5.75 Å². The molecule has 0 aromatic heterocycles. The monoisotopic (exact) mass is 521 g/mol. The highest BCUT2D eigenvalue weighted by Crippen LogP contribution is 2.39. The number of rotatable bonds is 1. The van der Waals surface area contributed by atoms with Crippen LogP contribution in [0.3, 0.4) is 0 Å². The number of hydrogen-bond acceptors (Lipinski definition) is 3. The summed E-state index contributed by atoms with van der Waals surface area (Å²) in [6.45, 7) is 0. The first-order valence-electron chi connectivity index (χ1n) is 6.02. The third-order valence-electron chi connectivity index (χ3n) is 2.92. The van der Waals surface area contributed by atoms with E-state index in [1.165, 1.54) is 11.8 Å². The molecule has 0 saturated carbocycles. The Morgan fingerprint density at radius 2 is 1.95 bits per heavy atom. The van der Waals surface area contributed by atoms with E-state index in [1.54, 1.807) is 6.08 Å². The van der Waals surface area contributed by atoms with Crippen molar-refractivity contribution in [3.63, 3.8) is 0 Å². The van der Waals surface area contributed by atoms with E-state index < -0.39 is 0 Å². The zero-order valence-corrected chi connectivity index (χ0v) is 15.7. The molecule has 0 atom stereocenters. The number of amides is 1. The fraction of sp³-hybridized carbons (Fsp3) is 0. The van der Waals surface area contributed by atoms with Crippen LogP contribution in [0.15, 0.2) is 46.2 Å². The van der Waals surface area contributed by atoms with Crippen LogP contribution in [-0.4, -0.2) is 11.0 Å². The van der Waals surface area contributed by atoms with Crippen LogP contribution in [0.1, 0.15) is 5.56 Å². The standard InChI is InChI=1S/C15H9I2NO2S/c16-9-5-8(14(19)10(17)7-9)6-13-15(20)18-11-3-1-2-4-12(11)21-13/h1-7,19H,(H,18,20)/b13-6-. The van der Waals surface area contributed by atoms with Gasteiger partial charge in [0.2, 0.25) is 0 Å². The third-order valence-corrected chi connectivity index (χ3v) is 5.47. The second-order valence-electron chi connectivity index (χ2n) is 4.39. The molecule has 0 saturated heterocycles. The van der Waals surface area contributed by atoms with Crippen LogP contribution in [0.25, 0.3) is 6.08 Å². The lowest BCUT2D eigenvalue weighted by Crippen LogP contribution is -2.17. The topological polar surface area (TPSA) is 49.3 Å². The van der Waals surface area contributed by atoms with Gasteiger partial charge in [0.15, 0.2) is 0 Å². The van der Waals surface area contributed by atoms with Gasteiger partial charge in [-0.15, -0.1) is 0 Å². The van der Waals surface area contributed by atoms with Gasteiger partial charge in [0, 0.05) is 14.0 Å². The molecule has 106 valence electrons. The van der Waals surface area contributed by atoms with Crippen molar-refractivity contribution in [2.24, 2.45) is 0 Å². The molecule has 2 aromatic rings. The van der Waals surface area contributed by atoms with Crippen molar-refractivity contribution in [2.45, 2.75) is 4.90 Å². The number of para-hydroxylation sites is 1. The van der Waals surface area contributed by atoms with Crippen molar-refractivity contribution in [3.05, 3.63) is 54.0 Å². The van der Waals surface area contributed by atoms with Gasteiger partial charge in [-0.05, 0) is 75.5 Å². The Morgan fingerprint density at radius 1 is 1.19 bits per heavy atom. The predicted octanol–water partition coefficient (Wildman–Crippen LogP) is 4.69. The fourth-order valence-corrected chi connectivity index (χ4v) is 4.77. The Labute approximate surface area is 153 Å². The van der Waals surface area contributed by atoms with Crippen molar-refractivity contribution >= 4 is 74.6 Å². The zero-order chi connectivity index (χ0) is 15.0. The molecule has 1 amide bonds. The van der Waals surface area contributed by atoms with Crippen LogP contribution in [0.2, 0.25) is 0 Å². The normalized spacial score (nSPS) is 15.7. The highest BCUT2D eigenvalue weighted by Gasteiger charge is 2.21. The smallest absolute Gasteiger partial charge is 0.262 e. The lowest BCUT2D eigenvalue weighted by atomic mass is 10.2. The van der Waals surface area contributed by atoms with Crippen LogP contribution in [0, 0.1) is 7.14 Å². The number of benzene rings is 2. The van der Waals surface area contributed by atoms with Crippen molar-refractivity contribution in [2.75, 3.05) is 5.32 Å². The molecule has 3 rings (SSSR count). The number of phenolic OH excluding ortho intramolecular Hbond substituents is 1. The molecular formula is C15H9I2NO2S. The minimum atomic E-state index is -0.146. The summed E-state index contributed by atoms with van der Waals surface area (Å²) < 4.78 is 1.79. The van der Waals surface area contributed by atoms with E-state index in [-0.39, 0.29) is 11.7 Å². The Morgan fingerprint density at radius 3 is 2.76 bits per heavy atom. The molecule has 3 nitrogen and oxygen atoms in total. The summed E-state index contributed by atoms with van der Waals surface area (Å²) in [7, 11) is 0. The average molecular weight is 521 g/mol. The molecule has 1 aliphatic heterocycles. The number of halogens is 2. The number of phenols is 1. The minimum Gasteiger partial charge on any atom is -0.506 e. The van der Waals surface area contributed by atoms with Crippen molar-refractivity contribution in [3.8, 4) is 5.75 Å². The highest BCUT2D eigenvalue weighted by molar-refractivity contribution is 14.1. The van der Waals surface area contributed by atoms with E-state index in [2.05, 4.69) is 50.5 Å². The van der Waals surface area contributed by atoms with Crippen molar-refractivity contribution in [1.82, 2.24) is 0 Å². The van der Waals surface area contributed by atoms with E-state index in [0.717, 1.165) is 17.7 Å². The summed E-state index contributed by atoms with van der Waals surface area (Å²) in [6, 6.07) is 11.4. The number of hydrogen-bond donors (Lipinski definition) is 2. The molecule has 1 heterocycles. The predicted molar refractivity (Wildman–Crippen MR) is 102 cm³/mol. The van der Waals surface area contributed by atoms with Crippen LogP contribution >= 0.6 is 56.9 Å². The van der Waals surface area contributed by atoms with Crippen molar-refractivity contribution in [1.29, 1.82) is 0 Å². The largest absolute Gasteiger partial charge is 0.506 e. The number of carbonyl (C=O) groups excluding carboxylic acids is 1. The number of thioether (sulfide) groups is 1. The minimum absolute atomic E-state index is 0.146. The summed E-state index contributed by atoms with van der Waals surface area (Å²) in [5, 5.41) is 13.0. The Balaban J connectivity index is 2.03. The molecule has 0 spiro atoms. The van der Waals surface area contributed by atoms with Gasteiger partial charge < -0.3 is 10.4 Å². The van der Waals surface area contributed by atoms with Gasteiger partial charge in [-0.3, -0.25) is 4.79 Å². The summed E-state index contributed by atoms with van der Waals surface area (Å²) in [6.07, 6.45) is 1.73. The Kier molecular flexibility index (Phi) is 4.46. The first kappa shape index (κ1) is 15.2. The van der Waals surface area contributed by atoms with Crippen LogP contribution in [-0.2, 0) is 4.79 Å². The number of nitrogens with one attached hydrogen (secondary N) is 1. The molecule has 0 bridgehead atoms. The second kappa shape index (κ2) is 6.17. The number of carbonyl (C=O) groups is 1. The van der Waals surface area contributed by atoms with Crippen LogP contribution < -0.4 is 5.32 Å². The summed E-state index contributed by atoms with van der Waals surface area (Å²) in [5.74, 6) is 0.0581. The molecule has 2 aromatic carbocycles. The molecular weight excluding hydrogens is 512 g/mol. The quantitative estimate of drug-likeness (QED) is 0.424. The van der Waals surface area contributed by atoms with Gasteiger partial charge >= 0.3 is 0 Å². The molecule has 6 heteroatoms. The molecule has 1 aliphatic rings. The van der Waals surface area contributed by atoms with Crippen LogP contribution in [0.4, 0.5) is 5.69 Å². The molecule has 2 N–H and O–H groups in total. The number of aromatic hydroxyl groups is 1. The highest BCUT2D eigenvalue weighted by atomic mass is 127. The molecule has 0 radical (unpaired) electrons. The lowest BCUT2D eigenvalue weighted by molar-refractivity contribution is -0.112. The van der Waals surface area contributed by atoms with Gasteiger partial charge in [0.25, 0.3) is 5.91 Å². The van der Waals surface area contributed by atoms with E-state index in [0.29, 0.717) is 10.5 Å². The summed E-state index contributed by atoms with van der Waals surface area (Å²) in [5.41, 5.74) is 1.48. The lowest BCUT2D eigenvalue weighted by Gasteiger charge is -2.18. The third kappa shape index (κ3) is 3.21. The summed E-state index contributed by atoms with van der Waals surface area (Å²) in [4.78, 5) is 13.7. The van der Waals surface area contributed by atoms with Crippen molar-refractivity contribution < 1.29 is 9.90 Å². The molecule has 0 aliphatic carbocycles. The maximum atomic E-state index is 12.2. The van der Waals surface area contributed by atoms with E-state index >= 15 is 0 Å². The van der Waals surface area contributed by atoms with Gasteiger partial charge in [0.1, 0.15) is 5.75 Å². The molecule has 21 heavy (non-hydrogen) atoms. The fourth-order valence-electron chi connectivity index (χ4n) is 1.94. The maximum absolute atomic E-state index is 12.2. The van der Waals surface area contributed by atoms with Gasteiger partial charge in [-0.2, -0.15) is 0 Å². The van der Waals surface area contributed by atoms with E-state index in [1.807, 2.05) is 36.4 Å². The molecule has 0 unspecified atom stereocenters. The zero-order valence-electron chi connectivity index (χ0n) is 10.6. The average Bonchev–Trinajstić information content (AvgIpc) is 2.45. The van der Waals surface area contributed by atoms with E-state index in [4.69, 9.17) is 0 Å². The second-order valence-corrected chi connectivity index (χ2v) is 7.88.